The van der Waals surface area contributed by atoms with E-state index in [-0.39, 0.29) is 29.9 Å². The van der Waals surface area contributed by atoms with Crippen molar-refractivity contribution in [3.05, 3.63) is 65.5 Å². The number of nitrogens with two attached hydrogens (primary N) is 1. The van der Waals surface area contributed by atoms with Gasteiger partial charge < -0.3 is 18.9 Å². The first kappa shape index (κ1) is 25.8. The Morgan fingerprint density at radius 2 is 1.89 bits per heavy atom. The van der Waals surface area contributed by atoms with Gasteiger partial charge in [-0.05, 0) is 66.8 Å². The molecule has 3 N–H and O–H groups in total. The predicted molar refractivity (Wildman–Crippen MR) is 133 cm³/mol. The van der Waals surface area contributed by atoms with E-state index < -0.39 is 5.72 Å². The Labute approximate surface area is 213 Å². The van der Waals surface area contributed by atoms with Crippen LogP contribution >= 0.6 is 0 Å². The molecule has 0 radical (unpaired) electrons. The van der Waals surface area contributed by atoms with Gasteiger partial charge in [0.2, 0.25) is 5.82 Å². The van der Waals surface area contributed by atoms with Gasteiger partial charge in [0.1, 0.15) is 12.4 Å². The molecular formula is C26H29N5O6. The third kappa shape index (κ3) is 6.91. The summed E-state index contributed by atoms with van der Waals surface area (Å²) in [4.78, 5) is 23.7. The number of ketones is 1. The van der Waals surface area contributed by atoms with Gasteiger partial charge >= 0.3 is 5.97 Å². The van der Waals surface area contributed by atoms with Crippen LogP contribution in [0.2, 0.25) is 0 Å². The molecule has 11 heteroatoms. The molecule has 0 saturated carbocycles. The minimum absolute atomic E-state index is 0.0302. The number of benzene rings is 2. The maximum atomic E-state index is 13.0. The monoisotopic (exact) mass is 507 g/mol. The van der Waals surface area contributed by atoms with E-state index in [1.54, 1.807) is 24.3 Å². The molecule has 0 amide bonds. The zero-order chi connectivity index (χ0) is 26.1. The van der Waals surface area contributed by atoms with Crippen molar-refractivity contribution in [1.82, 2.24) is 20.6 Å². The zero-order valence-corrected chi connectivity index (χ0v) is 20.5. The summed E-state index contributed by atoms with van der Waals surface area (Å²) in [5.41, 5.74) is 5.95. The Morgan fingerprint density at radius 3 is 2.62 bits per heavy atom. The minimum Gasteiger partial charge on any atom is -0.494 e. The zero-order valence-electron chi connectivity index (χ0n) is 20.5. The summed E-state index contributed by atoms with van der Waals surface area (Å²) in [6, 6.07) is 12.5. The van der Waals surface area contributed by atoms with E-state index in [0.29, 0.717) is 24.5 Å². The van der Waals surface area contributed by atoms with Crippen molar-refractivity contribution in [2.45, 2.75) is 38.3 Å². The maximum Gasteiger partial charge on any atom is 0.302 e. The Bertz CT molecular complexity index is 1230. The highest BCUT2D eigenvalue weighted by atomic mass is 16.6. The lowest BCUT2D eigenvalue weighted by molar-refractivity contribution is -0.141. The van der Waals surface area contributed by atoms with Gasteiger partial charge in [0.25, 0.3) is 5.72 Å². The second-order valence-electron chi connectivity index (χ2n) is 8.52. The second-order valence-corrected chi connectivity index (χ2v) is 8.52. The highest BCUT2D eigenvalue weighted by Crippen LogP contribution is 2.39. The van der Waals surface area contributed by atoms with Gasteiger partial charge in [0.05, 0.1) is 18.8 Å². The first-order valence-corrected chi connectivity index (χ1v) is 12.0. The summed E-state index contributed by atoms with van der Waals surface area (Å²) in [7, 11) is 0. The highest BCUT2D eigenvalue weighted by molar-refractivity contribution is 6.09. The van der Waals surface area contributed by atoms with Gasteiger partial charge in [-0.15, -0.1) is 10.2 Å². The lowest BCUT2D eigenvalue weighted by atomic mass is 10.1. The lowest BCUT2D eigenvalue weighted by Gasteiger charge is -2.33. The topological polar surface area (TPSA) is 152 Å². The summed E-state index contributed by atoms with van der Waals surface area (Å²) in [6.07, 6.45) is 6.94. The second kappa shape index (κ2) is 12.1. The van der Waals surface area contributed by atoms with Crippen LogP contribution in [0.15, 0.2) is 48.5 Å². The summed E-state index contributed by atoms with van der Waals surface area (Å²) in [6.45, 7) is 2.46. The van der Waals surface area contributed by atoms with Crippen LogP contribution in [0.4, 0.5) is 0 Å². The van der Waals surface area contributed by atoms with Crippen molar-refractivity contribution in [2.24, 2.45) is 5.73 Å². The molecule has 0 spiro atoms. The van der Waals surface area contributed by atoms with E-state index in [0.717, 1.165) is 37.0 Å². The Balaban J connectivity index is 1.29. The minimum atomic E-state index is -1.47. The van der Waals surface area contributed by atoms with Crippen LogP contribution in [0.1, 0.15) is 54.4 Å². The van der Waals surface area contributed by atoms with Crippen molar-refractivity contribution < 1.29 is 28.5 Å². The highest BCUT2D eigenvalue weighted by Gasteiger charge is 2.41. The number of tetrazole rings is 1. The van der Waals surface area contributed by atoms with Crippen LogP contribution in [-0.2, 0) is 15.3 Å². The summed E-state index contributed by atoms with van der Waals surface area (Å²) in [5.74, 6) is 1.00. The number of para-hydroxylation sites is 1. The van der Waals surface area contributed by atoms with Crippen LogP contribution in [0.3, 0.4) is 0 Å². The predicted octanol–water partition coefficient (Wildman–Crippen LogP) is 3.18. The molecule has 1 unspecified atom stereocenters. The fraction of sp³-hybridized carbons (Fsp3) is 0.346. The molecule has 2 aromatic carbocycles. The Morgan fingerprint density at radius 1 is 1.11 bits per heavy atom. The third-order valence-corrected chi connectivity index (χ3v) is 5.61. The summed E-state index contributed by atoms with van der Waals surface area (Å²) >= 11 is 0. The molecule has 194 valence electrons. The average Bonchev–Trinajstić information content (AvgIpc) is 3.45. The standard InChI is InChI=1S/C26H29N5O6/c1-18(32)34-15-4-2-3-5-16-35-20-12-9-19(10-13-20)11-14-22(33)21-7-6-8-23-24(21)37-26(27,17-36-23)25-28-30-31-29-25/h6-14H,2-5,15-17,27H2,1H3,(H,28,29,30,31). The molecule has 1 aromatic heterocycles. The van der Waals surface area contributed by atoms with Gasteiger partial charge in [0, 0.05) is 6.92 Å². The number of hydrogen-bond donors (Lipinski definition) is 2. The van der Waals surface area contributed by atoms with Gasteiger partial charge in [-0.25, -0.2) is 0 Å². The number of nitrogens with zero attached hydrogens (tertiary/aromatic N) is 3. The molecule has 4 rings (SSSR count). The number of fused-ring (bicyclic) bond motifs is 1. The molecule has 2 heterocycles. The quantitative estimate of drug-likeness (QED) is 0.162. The fourth-order valence-electron chi connectivity index (χ4n) is 3.68. The van der Waals surface area contributed by atoms with Crippen LogP contribution < -0.4 is 19.9 Å². The number of nitrogens with one attached hydrogen (secondary N) is 1. The number of esters is 1. The number of aromatic amines is 1. The fourth-order valence-corrected chi connectivity index (χ4v) is 3.68. The van der Waals surface area contributed by atoms with Gasteiger partial charge in [-0.3, -0.25) is 15.3 Å². The number of H-pyrrole nitrogens is 1. The van der Waals surface area contributed by atoms with Crippen LogP contribution in [-0.4, -0.2) is 52.2 Å². The SMILES string of the molecule is CC(=O)OCCCCCCOc1ccc(C=CC(=O)c2cccc3c2OC(N)(c2nn[nH]n2)CO3)cc1. The molecule has 3 aromatic rings. The van der Waals surface area contributed by atoms with Gasteiger partial charge in [-0.2, -0.15) is 5.21 Å². The molecule has 1 aliphatic heterocycles. The van der Waals surface area contributed by atoms with E-state index in [1.165, 1.54) is 13.0 Å². The van der Waals surface area contributed by atoms with E-state index in [2.05, 4.69) is 20.6 Å². The molecule has 11 nitrogen and oxygen atoms in total. The summed E-state index contributed by atoms with van der Waals surface area (Å²) in [5, 5.41) is 13.6. The first-order valence-electron chi connectivity index (χ1n) is 12.0. The van der Waals surface area contributed by atoms with Crippen LogP contribution in [0.25, 0.3) is 6.08 Å². The van der Waals surface area contributed by atoms with Crippen molar-refractivity contribution in [1.29, 1.82) is 0 Å². The van der Waals surface area contributed by atoms with E-state index in [1.807, 2.05) is 24.3 Å². The number of carbonyl (C=O) groups excluding carboxylic acids is 2. The summed E-state index contributed by atoms with van der Waals surface area (Å²) < 4.78 is 22.4. The van der Waals surface area contributed by atoms with E-state index in [9.17, 15) is 9.59 Å². The molecule has 1 atom stereocenters. The average molecular weight is 508 g/mol. The van der Waals surface area contributed by atoms with Gasteiger partial charge in [-0.1, -0.05) is 24.3 Å². The Hall–Kier alpha value is -4.25. The van der Waals surface area contributed by atoms with E-state index >= 15 is 0 Å². The molecule has 1 aliphatic rings. The number of ether oxygens (including phenoxy) is 4. The molecular weight excluding hydrogens is 478 g/mol. The number of carbonyl (C=O) groups is 2. The number of hydrogen-bond acceptors (Lipinski definition) is 10. The van der Waals surface area contributed by atoms with Crippen molar-refractivity contribution >= 4 is 17.8 Å². The normalized spacial score (nSPS) is 16.5. The number of aromatic nitrogens is 4. The van der Waals surface area contributed by atoms with Gasteiger partial charge in [0.15, 0.2) is 17.3 Å². The number of allylic oxidation sites excluding steroid dienone is 1. The first-order chi connectivity index (χ1) is 17.9. The molecule has 0 aliphatic carbocycles. The molecule has 0 bridgehead atoms. The molecule has 37 heavy (non-hydrogen) atoms. The smallest absolute Gasteiger partial charge is 0.302 e. The molecule has 0 saturated heterocycles. The van der Waals surface area contributed by atoms with Crippen LogP contribution in [0.5, 0.6) is 17.2 Å². The number of unbranched alkanes of at least 4 members (excludes halogenated alkanes) is 3. The lowest BCUT2D eigenvalue weighted by Crippen LogP contribution is -2.51. The van der Waals surface area contributed by atoms with Crippen molar-refractivity contribution in [3.63, 3.8) is 0 Å². The number of rotatable bonds is 12. The maximum absolute atomic E-state index is 13.0. The third-order valence-electron chi connectivity index (χ3n) is 5.61. The molecule has 0 fully saturated rings. The van der Waals surface area contributed by atoms with Crippen LogP contribution in [0, 0.1) is 0 Å². The van der Waals surface area contributed by atoms with E-state index in [4.69, 9.17) is 24.7 Å². The van der Waals surface area contributed by atoms with Crippen molar-refractivity contribution in [3.8, 4) is 17.2 Å². The largest absolute Gasteiger partial charge is 0.494 e. The van der Waals surface area contributed by atoms with Crippen molar-refractivity contribution in [2.75, 3.05) is 19.8 Å². The Kier molecular flexibility index (Phi) is 8.47.